The van der Waals surface area contributed by atoms with Gasteiger partial charge >= 0.3 is 0 Å². The van der Waals surface area contributed by atoms with Crippen LogP contribution in [0.2, 0.25) is 0 Å². The summed E-state index contributed by atoms with van der Waals surface area (Å²) in [5, 5.41) is 2.42. The minimum absolute atomic E-state index is 0.845. The van der Waals surface area contributed by atoms with Gasteiger partial charge in [-0.1, -0.05) is 91.0 Å². The van der Waals surface area contributed by atoms with Gasteiger partial charge in [0.1, 0.15) is 5.82 Å². The minimum Gasteiger partial charge on any atom is -0.309 e. The van der Waals surface area contributed by atoms with Crippen molar-refractivity contribution in [1.29, 1.82) is 0 Å². The largest absolute Gasteiger partial charge is 0.309 e. The molecule has 4 heteroatoms. The molecule has 9 rings (SSSR count). The monoisotopic (exact) mass is 550 g/mol. The lowest BCUT2D eigenvalue weighted by atomic mass is 10.0. The molecule has 2 aliphatic rings. The molecule has 2 aliphatic heterocycles. The molecule has 0 unspecified atom stereocenters. The third kappa shape index (κ3) is 3.77. The highest BCUT2D eigenvalue weighted by atomic mass is 15.2. The van der Waals surface area contributed by atoms with E-state index < -0.39 is 0 Å². The van der Waals surface area contributed by atoms with E-state index >= 15 is 0 Å². The second-order valence-electron chi connectivity index (χ2n) is 11.1. The predicted octanol–water partition coefficient (Wildman–Crippen LogP) is 9.81. The van der Waals surface area contributed by atoms with Crippen LogP contribution in [0, 0.1) is 0 Å². The number of pyridine rings is 1. The maximum atomic E-state index is 5.02. The molecule has 0 aliphatic carbocycles. The van der Waals surface area contributed by atoms with E-state index in [2.05, 4.69) is 137 Å². The Labute approximate surface area is 249 Å². The minimum atomic E-state index is 0.845. The number of hydrogen-bond donors (Lipinski definition) is 0. The Bertz CT molecular complexity index is 2270. The van der Waals surface area contributed by atoms with Crippen LogP contribution in [0.5, 0.6) is 0 Å². The number of benzene rings is 5. The Balaban J connectivity index is 1.28. The molecular formula is C39H26N4. The van der Waals surface area contributed by atoms with Crippen molar-refractivity contribution in [3.63, 3.8) is 0 Å². The number of nitrogens with zero attached hydrogens (tertiary/aromatic N) is 4. The third-order valence-electron chi connectivity index (χ3n) is 8.62. The Kier molecular flexibility index (Phi) is 5.23. The van der Waals surface area contributed by atoms with Gasteiger partial charge < -0.3 is 4.90 Å². The van der Waals surface area contributed by atoms with Crippen molar-refractivity contribution in [1.82, 2.24) is 9.55 Å². The van der Waals surface area contributed by atoms with Crippen molar-refractivity contribution in [2.24, 2.45) is 4.99 Å². The van der Waals surface area contributed by atoms with Crippen LogP contribution in [-0.2, 0) is 6.42 Å². The fourth-order valence-electron chi connectivity index (χ4n) is 6.61. The molecule has 4 heterocycles. The highest BCUT2D eigenvalue weighted by Gasteiger charge is 2.24. The van der Waals surface area contributed by atoms with Crippen LogP contribution in [0.1, 0.15) is 22.3 Å². The summed E-state index contributed by atoms with van der Waals surface area (Å²) in [6, 6.07) is 45.3. The van der Waals surface area contributed by atoms with Gasteiger partial charge in [-0.2, -0.15) is 0 Å². The third-order valence-corrected chi connectivity index (χ3v) is 8.62. The fourth-order valence-corrected chi connectivity index (χ4v) is 6.61. The molecule has 0 atom stereocenters. The van der Waals surface area contributed by atoms with Crippen molar-refractivity contribution in [2.75, 3.05) is 4.90 Å². The summed E-state index contributed by atoms with van der Waals surface area (Å²) in [5.41, 5.74) is 12.6. The maximum absolute atomic E-state index is 5.02. The van der Waals surface area contributed by atoms with Gasteiger partial charge in [0, 0.05) is 29.1 Å². The normalized spacial score (nSPS) is 13.5. The zero-order valence-corrected chi connectivity index (χ0v) is 23.4. The first-order valence-corrected chi connectivity index (χ1v) is 14.6. The number of para-hydroxylation sites is 3. The number of rotatable bonds is 3. The molecule has 0 fully saturated rings. The molecule has 7 aromatic rings. The Morgan fingerprint density at radius 1 is 0.581 bits per heavy atom. The van der Waals surface area contributed by atoms with E-state index in [4.69, 9.17) is 9.98 Å². The first kappa shape index (κ1) is 23.9. The van der Waals surface area contributed by atoms with Crippen LogP contribution in [0.4, 0.5) is 22.7 Å². The lowest BCUT2D eigenvalue weighted by Crippen LogP contribution is -2.13. The molecule has 202 valence electrons. The molecule has 0 N–H and O–H groups in total. The van der Waals surface area contributed by atoms with Crippen LogP contribution >= 0.6 is 0 Å². The van der Waals surface area contributed by atoms with Crippen LogP contribution in [-0.4, -0.2) is 15.3 Å². The summed E-state index contributed by atoms with van der Waals surface area (Å²) in [6.07, 6.45) is 7.16. The van der Waals surface area contributed by atoms with Crippen molar-refractivity contribution in [2.45, 2.75) is 6.42 Å². The Hall–Kier alpha value is -5.74. The summed E-state index contributed by atoms with van der Waals surface area (Å²) in [4.78, 5) is 12.2. The average Bonchev–Trinajstić information content (AvgIpc) is 3.59. The van der Waals surface area contributed by atoms with Crippen molar-refractivity contribution in [3.8, 4) is 5.82 Å². The Morgan fingerprint density at radius 3 is 2.28 bits per heavy atom. The number of aromatic nitrogens is 2. The van der Waals surface area contributed by atoms with Crippen molar-refractivity contribution in [3.05, 3.63) is 156 Å². The van der Waals surface area contributed by atoms with Crippen LogP contribution in [0.15, 0.2) is 139 Å². The first-order valence-electron chi connectivity index (χ1n) is 14.6. The zero-order chi connectivity index (χ0) is 28.3. The maximum Gasteiger partial charge on any atom is 0.137 e. The zero-order valence-electron chi connectivity index (χ0n) is 23.4. The SMILES string of the molecule is C1=Cc2ccc(C3=Nc4ccccc4C3)cc2N(c2ccc3c4ccccc4n(-c4ccccn4)c3c2)c2ccccc21. The number of hydrogen-bond acceptors (Lipinski definition) is 3. The second kappa shape index (κ2) is 9.40. The van der Waals surface area contributed by atoms with E-state index in [0.29, 0.717) is 0 Å². The van der Waals surface area contributed by atoms with Gasteiger partial charge in [0.05, 0.1) is 33.8 Å². The van der Waals surface area contributed by atoms with Gasteiger partial charge in [0.2, 0.25) is 0 Å². The van der Waals surface area contributed by atoms with Crippen LogP contribution < -0.4 is 4.90 Å². The van der Waals surface area contributed by atoms with Crippen molar-refractivity contribution < 1.29 is 0 Å². The van der Waals surface area contributed by atoms with E-state index in [1.54, 1.807) is 0 Å². The lowest BCUT2D eigenvalue weighted by molar-refractivity contribution is 1.08. The number of anilines is 3. The molecule has 0 radical (unpaired) electrons. The highest BCUT2D eigenvalue weighted by molar-refractivity contribution is 6.11. The predicted molar refractivity (Wildman–Crippen MR) is 179 cm³/mol. The summed E-state index contributed by atoms with van der Waals surface area (Å²) < 4.78 is 2.28. The van der Waals surface area contributed by atoms with Crippen LogP contribution in [0.25, 0.3) is 39.8 Å². The first-order chi connectivity index (χ1) is 21.3. The molecule has 0 saturated carbocycles. The van der Waals surface area contributed by atoms with Gasteiger partial charge in [-0.05, 0) is 70.8 Å². The van der Waals surface area contributed by atoms with Gasteiger partial charge in [-0.3, -0.25) is 9.56 Å². The molecule has 0 bridgehead atoms. The summed E-state index contributed by atoms with van der Waals surface area (Å²) >= 11 is 0. The molecule has 5 aromatic carbocycles. The molecule has 2 aromatic heterocycles. The smallest absolute Gasteiger partial charge is 0.137 e. The van der Waals surface area contributed by atoms with E-state index in [1.165, 1.54) is 27.5 Å². The Morgan fingerprint density at radius 2 is 1.37 bits per heavy atom. The summed E-state index contributed by atoms with van der Waals surface area (Å²) in [7, 11) is 0. The lowest BCUT2D eigenvalue weighted by Gasteiger charge is -2.28. The molecular weight excluding hydrogens is 524 g/mol. The average molecular weight is 551 g/mol. The molecule has 0 spiro atoms. The van der Waals surface area contributed by atoms with Gasteiger partial charge in [-0.15, -0.1) is 0 Å². The van der Waals surface area contributed by atoms with E-state index in [9.17, 15) is 0 Å². The van der Waals surface area contributed by atoms with Gasteiger partial charge in [0.25, 0.3) is 0 Å². The van der Waals surface area contributed by atoms with E-state index in [1.807, 2.05) is 18.3 Å². The standard InChI is InChI=1S/C39H26N4/c1-4-12-33-28(10-1)23-34(41-33)29-19-18-27-17-16-26-9-2-5-13-35(26)42(37(27)24-29)30-20-21-32-31-11-3-6-14-36(31)43(38(32)25-30)39-15-7-8-22-40-39/h1-22,24-25H,23H2. The fraction of sp³-hybridized carbons (Fsp3) is 0.0256. The molecule has 0 saturated heterocycles. The van der Waals surface area contributed by atoms with E-state index in [0.717, 1.165) is 57.3 Å². The number of aliphatic imine (C=N–C) groups is 1. The molecule has 43 heavy (non-hydrogen) atoms. The van der Waals surface area contributed by atoms with Crippen molar-refractivity contribution >= 4 is 62.4 Å². The number of fused-ring (bicyclic) bond motifs is 6. The van der Waals surface area contributed by atoms with E-state index in [-0.39, 0.29) is 0 Å². The quantitative estimate of drug-likeness (QED) is 0.219. The molecule has 0 amide bonds. The molecule has 4 nitrogen and oxygen atoms in total. The summed E-state index contributed by atoms with van der Waals surface area (Å²) in [6.45, 7) is 0. The second-order valence-corrected chi connectivity index (χ2v) is 11.1. The topological polar surface area (TPSA) is 33.4 Å². The highest BCUT2D eigenvalue weighted by Crippen LogP contribution is 2.44. The van der Waals surface area contributed by atoms with Gasteiger partial charge in [-0.25, -0.2) is 4.98 Å². The van der Waals surface area contributed by atoms with Crippen LogP contribution in [0.3, 0.4) is 0 Å². The summed E-state index contributed by atoms with van der Waals surface area (Å²) in [5.74, 6) is 0.908. The van der Waals surface area contributed by atoms with Gasteiger partial charge in [0.15, 0.2) is 0 Å².